The van der Waals surface area contributed by atoms with Crippen molar-refractivity contribution in [1.29, 1.82) is 0 Å². The average molecular weight is 355 g/mol. The molecule has 1 saturated heterocycles. The zero-order chi connectivity index (χ0) is 18.4. The highest BCUT2D eigenvalue weighted by Crippen LogP contribution is 2.40. The minimum Gasteiger partial charge on any atom is -0.390 e. The lowest BCUT2D eigenvalue weighted by atomic mass is 9.71. The van der Waals surface area contributed by atoms with Crippen LogP contribution in [0.2, 0.25) is 0 Å². The Morgan fingerprint density at radius 2 is 1.84 bits per heavy atom. The van der Waals surface area contributed by atoms with Crippen molar-refractivity contribution >= 4 is 5.91 Å². The molecule has 6 heteroatoms. The monoisotopic (exact) mass is 355 g/mol. The van der Waals surface area contributed by atoms with E-state index in [1.54, 1.807) is 17.9 Å². The first-order valence-corrected chi connectivity index (χ1v) is 8.76. The van der Waals surface area contributed by atoms with E-state index in [9.17, 15) is 23.1 Å². The van der Waals surface area contributed by atoms with E-state index in [4.69, 9.17) is 0 Å². The largest absolute Gasteiger partial charge is 0.416 e. The molecular weight excluding hydrogens is 331 g/mol. The summed E-state index contributed by atoms with van der Waals surface area (Å²) < 4.78 is 39.3. The van der Waals surface area contributed by atoms with Gasteiger partial charge in [0.2, 0.25) is 5.91 Å². The van der Waals surface area contributed by atoms with E-state index in [1.807, 2.05) is 0 Å². The summed E-state index contributed by atoms with van der Waals surface area (Å²) in [5.41, 5.74) is -0.355. The van der Waals surface area contributed by atoms with Gasteiger partial charge in [-0.15, -0.1) is 0 Å². The molecule has 1 aromatic rings. The van der Waals surface area contributed by atoms with Crippen LogP contribution in [0.4, 0.5) is 13.2 Å². The summed E-state index contributed by atoms with van der Waals surface area (Å²) in [6.07, 6.45) is -1.99. The predicted octanol–water partition coefficient (Wildman–Crippen LogP) is 3.88. The maximum Gasteiger partial charge on any atom is 0.416 e. The maximum absolute atomic E-state index is 13.1. The normalized spacial score (nSPS) is 27.9. The summed E-state index contributed by atoms with van der Waals surface area (Å²) in [5, 5.41) is 9.77. The highest BCUT2D eigenvalue weighted by molar-refractivity contribution is 5.80. The second-order valence-electron chi connectivity index (χ2n) is 7.77. The van der Waals surface area contributed by atoms with E-state index in [2.05, 4.69) is 0 Å². The Bertz CT molecular complexity index is 653. The van der Waals surface area contributed by atoms with Crippen molar-refractivity contribution in [2.75, 3.05) is 13.1 Å². The van der Waals surface area contributed by atoms with Crippen LogP contribution in [-0.2, 0) is 11.0 Å². The number of nitrogens with zero attached hydrogens (tertiary/aromatic N) is 1. The molecule has 2 aliphatic rings. The number of carbonyl (C=O) groups is 1. The highest BCUT2D eigenvalue weighted by atomic mass is 19.4. The number of amides is 1. The number of likely N-dealkylation sites (tertiary alicyclic amines) is 1. The molecule has 3 rings (SSSR count). The van der Waals surface area contributed by atoms with Crippen LogP contribution in [0.3, 0.4) is 0 Å². The number of hydrogen-bond donors (Lipinski definition) is 1. The molecule has 1 aliphatic carbocycles. The molecule has 138 valence electrons. The van der Waals surface area contributed by atoms with Crippen LogP contribution in [0, 0.1) is 12.8 Å². The van der Waals surface area contributed by atoms with Gasteiger partial charge in [0, 0.05) is 19.0 Å². The highest BCUT2D eigenvalue weighted by Gasteiger charge is 2.44. The topological polar surface area (TPSA) is 40.5 Å². The Balaban J connectivity index is 1.62. The van der Waals surface area contributed by atoms with Crippen LogP contribution in [0.25, 0.3) is 0 Å². The second kappa shape index (κ2) is 6.31. The molecule has 0 unspecified atom stereocenters. The fourth-order valence-electron chi connectivity index (χ4n) is 4.07. The molecule has 0 radical (unpaired) electrons. The van der Waals surface area contributed by atoms with Gasteiger partial charge in [-0.1, -0.05) is 12.1 Å². The minimum atomic E-state index is -4.34. The van der Waals surface area contributed by atoms with Crippen LogP contribution in [0.1, 0.15) is 55.2 Å². The Hall–Kier alpha value is -1.56. The van der Waals surface area contributed by atoms with Crippen LogP contribution in [0.5, 0.6) is 0 Å². The van der Waals surface area contributed by atoms with E-state index >= 15 is 0 Å². The second-order valence-corrected chi connectivity index (χ2v) is 7.77. The molecule has 1 aliphatic heterocycles. The zero-order valence-corrected chi connectivity index (χ0v) is 14.6. The fourth-order valence-corrected chi connectivity index (χ4v) is 4.07. The van der Waals surface area contributed by atoms with Crippen molar-refractivity contribution in [2.45, 2.75) is 57.2 Å². The quantitative estimate of drug-likeness (QED) is 0.875. The molecule has 0 aromatic heterocycles. The molecule has 25 heavy (non-hydrogen) atoms. The van der Waals surface area contributed by atoms with Crippen molar-refractivity contribution < 1.29 is 23.1 Å². The van der Waals surface area contributed by atoms with Crippen molar-refractivity contribution in [1.82, 2.24) is 4.90 Å². The molecular formula is C19H24F3NO2. The summed E-state index contributed by atoms with van der Waals surface area (Å²) in [4.78, 5) is 14.2. The summed E-state index contributed by atoms with van der Waals surface area (Å²) in [6.45, 7) is 4.34. The van der Waals surface area contributed by atoms with E-state index in [0.29, 0.717) is 44.3 Å². The van der Waals surface area contributed by atoms with E-state index < -0.39 is 17.3 Å². The van der Waals surface area contributed by atoms with Gasteiger partial charge in [-0.2, -0.15) is 13.2 Å². The number of benzene rings is 1. The fraction of sp³-hybridized carbons (Fsp3) is 0.632. The van der Waals surface area contributed by atoms with Gasteiger partial charge < -0.3 is 10.0 Å². The van der Waals surface area contributed by atoms with Crippen LogP contribution >= 0.6 is 0 Å². The van der Waals surface area contributed by atoms with Crippen LogP contribution in [-0.4, -0.2) is 34.6 Å². The lowest BCUT2D eigenvalue weighted by Gasteiger charge is -2.43. The molecule has 2 fully saturated rings. The zero-order valence-electron chi connectivity index (χ0n) is 14.6. The van der Waals surface area contributed by atoms with E-state index in [-0.39, 0.29) is 23.3 Å². The van der Waals surface area contributed by atoms with Gasteiger partial charge in [-0.25, -0.2) is 0 Å². The third-order valence-corrected chi connectivity index (χ3v) is 5.57. The predicted molar refractivity (Wildman–Crippen MR) is 88.1 cm³/mol. The van der Waals surface area contributed by atoms with Gasteiger partial charge in [0.1, 0.15) is 0 Å². The smallest absolute Gasteiger partial charge is 0.390 e. The first kappa shape index (κ1) is 18.2. The standard InChI is InChI=1S/C19H24F3NO2/c1-12-3-4-14(9-16(12)19(20,21)22)13-5-7-23(8-6-13)17(24)15-10-18(2,25)11-15/h3-4,9,13,15,25H,5-8,10-11H2,1-2H3. The maximum atomic E-state index is 13.1. The summed E-state index contributed by atoms with van der Waals surface area (Å²) in [6, 6.07) is 4.57. The minimum absolute atomic E-state index is 0.0512. The number of piperidine rings is 1. The average Bonchev–Trinajstić information content (AvgIpc) is 2.51. The van der Waals surface area contributed by atoms with E-state index in [1.165, 1.54) is 19.1 Å². The van der Waals surface area contributed by atoms with Gasteiger partial charge in [0.15, 0.2) is 0 Å². The number of aliphatic hydroxyl groups is 1. The van der Waals surface area contributed by atoms with Gasteiger partial charge in [-0.3, -0.25) is 4.79 Å². The van der Waals surface area contributed by atoms with Crippen LogP contribution in [0.15, 0.2) is 18.2 Å². The third kappa shape index (κ3) is 3.84. The SMILES string of the molecule is Cc1ccc(C2CCN(C(=O)C3CC(C)(O)C3)CC2)cc1C(F)(F)F. The lowest BCUT2D eigenvalue weighted by Crippen LogP contribution is -2.51. The number of hydrogen-bond acceptors (Lipinski definition) is 2. The molecule has 0 bridgehead atoms. The molecule has 1 N–H and O–H groups in total. The first-order valence-electron chi connectivity index (χ1n) is 8.76. The molecule has 1 amide bonds. The van der Waals surface area contributed by atoms with Gasteiger partial charge in [0.25, 0.3) is 0 Å². The molecule has 0 spiro atoms. The molecule has 1 heterocycles. The Labute approximate surface area is 145 Å². The van der Waals surface area contributed by atoms with Crippen molar-refractivity contribution in [3.63, 3.8) is 0 Å². The molecule has 3 nitrogen and oxygen atoms in total. The molecule has 1 aromatic carbocycles. The number of rotatable bonds is 2. The third-order valence-electron chi connectivity index (χ3n) is 5.57. The number of carbonyl (C=O) groups excluding carboxylic acids is 1. The van der Waals surface area contributed by atoms with Crippen molar-refractivity contribution in [3.05, 3.63) is 34.9 Å². The van der Waals surface area contributed by atoms with Gasteiger partial charge in [-0.05, 0) is 62.6 Å². The van der Waals surface area contributed by atoms with Crippen molar-refractivity contribution in [3.8, 4) is 0 Å². The number of halogens is 3. The Morgan fingerprint density at radius 3 is 2.36 bits per heavy atom. The Morgan fingerprint density at radius 1 is 1.24 bits per heavy atom. The Kier molecular flexibility index (Phi) is 4.60. The lowest BCUT2D eigenvalue weighted by molar-refractivity contribution is -0.150. The van der Waals surface area contributed by atoms with Gasteiger partial charge in [0.05, 0.1) is 11.2 Å². The summed E-state index contributed by atoms with van der Waals surface area (Å²) >= 11 is 0. The van der Waals surface area contributed by atoms with Crippen molar-refractivity contribution in [2.24, 2.45) is 5.92 Å². The summed E-state index contributed by atoms with van der Waals surface area (Å²) in [7, 11) is 0. The molecule has 1 saturated carbocycles. The molecule has 0 atom stereocenters. The van der Waals surface area contributed by atoms with Gasteiger partial charge >= 0.3 is 6.18 Å². The van der Waals surface area contributed by atoms with Crippen LogP contribution < -0.4 is 0 Å². The number of alkyl halides is 3. The number of aryl methyl sites for hydroxylation is 1. The first-order chi connectivity index (χ1) is 11.6. The van der Waals surface area contributed by atoms with E-state index in [0.717, 1.165) is 0 Å². The summed E-state index contributed by atoms with van der Waals surface area (Å²) in [5.74, 6) is 0.0165.